The van der Waals surface area contributed by atoms with Crippen LogP contribution in [0.4, 0.5) is 0 Å². The first-order chi connectivity index (χ1) is 38.3. The summed E-state index contributed by atoms with van der Waals surface area (Å²) in [6, 6.07) is -0.826. The largest absolute Gasteiger partial charge is 0.394 e. The van der Waals surface area contributed by atoms with Crippen molar-refractivity contribution in [3.05, 3.63) is 36.5 Å². The van der Waals surface area contributed by atoms with Gasteiger partial charge in [0, 0.05) is 6.42 Å². The molecule has 0 aliphatic carbocycles. The lowest BCUT2D eigenvalue weighted by Gasteiger charge is -2.40. The van der Waals surface area contributed by atoms with Crippen molar-refractivity contribution in [1.82, 2.24) is 5.32 Å². The number of hydrogen-bond acceptors (Lipinski definition) is 8. The van der Waals surface area contributed by atoms with Crippen LogP contribution in [0.25, 0.3) is 0 Å². The minimum absolute atomic E-state index is 0.185. The molecule has 1 aliphatic rings. The molecular weight excluding hydrogens is 971 g/mol. The van der Waals surface area contributed by atoms with E-state index in [1.807, 2.05) is 6.08 Å². The highest BCUT2D eigenvalue weighted by atomic mass is 16.7. The van der Waals surface area contributed by atoms with Crippen molar-refractivity contribution in [2.24, 2.45) is 0 Å². The summed E-state index contributed by atoms with van der Waals surface area (Å²) in [7, 11) is 0. The van der Waals surface area contributed by atoms with Gasteiger partial charge in [0.05, 0.1) is 25.4 Å². The fraction of sp³-hybridized carbons (Fsp3) is 0.899. The summed E-state index contributed by atoms with van der Waals surface area (Å²) in [5.41, 5.74) is 0. The van der Waals surface area contributed by atoms with Gasteiger partial charge in [0.15, 0.2) is 6.29 Å². The number of ether oxygens (including phenoxy) is 2. The quantitative estimate of drug-likeness (QED) is 0.0261. The van der Waals surface area contributed by atoms with Gasteiger partial charge in [-0.05, 0) is 44.9 Å². The van der Waals surface area contributed by atoms with Gasteiger partial charge >= 0.3 is 0 Å². The lowest BCUT2D eigenvalue weighted by molar-refractivity contribution is -0.302. The van der Waals surface area contributed by atoms with Crippen LogP contribution >= 0.6 is 0 Å². The Morgan fingerprint density at radius 3 is 1.08 bits per heavy atom. The Labute approximate surface area is 482 Å². The van der Waals surface area contributed by atoms with Crippen LogP contribution in [0.2, 0.25) is 0 Å². The smallest absolute Gasteiger partial charge is 0.220 e. The Balaban J connectivity index is 2.04. The van der Waals surface area contributed by atoms with Gasteiger partial charge in [-0.3, -0.25) is 4.79 Å². The molecule has 0 aromatic carbocycles. The average molecular weight is 1100 g/mol. The number of aliphatic hydroxyl groups excluding tert-OH is 5. The molecule has 0 spiro atoms. The maximum absolute atomic E-state index is 13.1. The fourth-order valence-electron chi connectivity index (χ4n) is 11.1. The summed E-state index contributed by atoms with van der Waals surface area (Å²) < 4.78 is 11.3. The summed E-state index contributed by atoms with van der Waals surface area (Å²) in [6.07, 6.45) is 71.4. The molecule has 1 rings (SSSR count). The molecule has 1 amide bonds. The topological polar surface area (TPSA) is 149 Å². The number of hydrogen-bond donors (Lipinski definition) is 6. The van der Waals surface area contributed by atoms with E-state index in [2.05, 4.69) is 43.5 Å². The molecule has 0 saturated carbocycles. The van der Waals surface area contributed by atoms with Crippen LogP contribution in [0.1, 0.15) is 341 Å². The molecule has 9 nitrogen and oxygen atoms in total. The van der Waals surface area contributed by atoms with Gasteiger partial charge in [0.25, 0.3) is 0 Å². The molecule has 1 aliphatic heterocycles. The van der Waals surface area contributed by atoms with Gasteiger partial charge in [-0.2, -0.15) is 0 Å². The van der Waals surface area contributed by atoms with Crippen LogP contribution in [0.15, 0.2) is 36.5 Å². The highest BCUT2D eigenvalue weighted by molar-refractivity contribution is 5.76. The first kappa shape index (κ1) is 74.4. The van der Waals surface area contributed by atoms with Crippen molar-refractivity contribution in [3.8, 4) is 0 Å². The molecule has 9 heteroatoms. The standard InChI is InChI=1S/C69H131NO8/c1-3-5-7-9-11-13-15-17-19-21-22-23-24-25-26-27-28-29-30-31-32-33-34-35-36-37-38-39-40-41-42-43-45-47-49-51-53-55-57-59-65(73)70-62(61-77-69-68(76)67(75)66(74)64(60-71)78-69)63(72)58-56-54-52-50-48-46-44-20-18-16-14-12-10-8-6-4-2/h18,20,48,50,56,58,62-64,66-69,71-72,74-76H,3-17,19,21-47,49,51-55,57,59-61H2,1-2H3,(H,70,73)/b20-18+,50-48+,58-56+. The zero-order chi connectivity index (χ0) is 56.5. The van der Waals surface area contributed by atoms with Gasteiger partial charge < -0.3 is 40.3 Å². The van der Waals surface area contributed by atoms with Crippen LogP contribution in [0.3, 0.4) is 0 Å². The van der Waals surface area contributed by atoms with Crippen molar-refractivity contribution >= 4 is 5.91 Å². The maximum Gasteiger partial charge on any atom is 0.220 e. The maximum atomic E-state index is 13.1. The third kappa shape index (κ3) is 47.0. The predicted molar refractivity (Wildman–Crippen MR) is 332 cm³/mol. The van der Waals surface area contributed by atoms with Crippen LogP contribution in [-0.4, -0.2) is 87.5 Å². The summed E-state index contributed by atoms with van der Waals surface area (Å²) >= 11 is 0. The summed E-state index contributed by atoms with van der Waals surface area (Å²) in [4.78, 5) is 13.1. The molecule has 7 unspecified atom stereocenters. The fourth-order valence-corrected chi connectivity index (χ4v) is 11.1. The second-order valence-electron chi connectivity index (χ2n) is 24.0. The monoisotopic (exact) mass is 1100 g/mol. The first-order valence-corrected chi connectivity index (χ1v) is 34.2. The molecule has 0 bridgehead atoms. The second-order valence-corrected chi connectivity index (χ2v) is 24.0. The molecule has 1 fully saturated rings. The van der Waals surface area contributed by atoms with E-state index in [1.54, 1.807) is 6.08 Å². The average Bonchev–Trinajstić information content (AvgIpc) is 3.45. The van der Waals surface area contributed by atoms with E-state index in [9.17, 15) is 30.3 Å². The van der Waals surface area contributed by atoms with Crippen LogP contribution < -0.4 is 5.32 Å². The highest BCUT2D eigenvalue weighted by Crippen LogP contribution is 2.23. The molecule has 1 saturated heterocycles. The van der Waals surface area contributed by atoms with Gasteiger partial charge in [0.1, 0.15) is 24.4 Å². The van der Waals surface area contributed by atoms with Gasteiger partial charge in [-0.25, -0.2) is 0 Å². The van der Waals surface area contributed by atoms with Crippen molar-refractivity contribution in [3.63, 3.8) is 0 Å². The number of aliphatic hydroxyl groups is 5. The molecule has 1 heterocycles. The van der Waals surface area contributed by atoms with Crippen LogP contribution in [0.5, 0.6) is 0 Å². The van der Waals surface area contributed by atoms with E-state index in [1.165, 1.54) is 270 Å². The van der Waals surface area contributed by atoms with E-state index >= 15 is 0 Å². The van der Waals surface area contributed by atoms with E-state index in [0.717, 1.165) is 51.4 Å². The van der Waals surface area contributed by atoms with Crippen LogP contribution in [0, 0.1) is 0 Å². The predicted octanol–water partition coefficient (Wildman–Crippen LogP) is 18.3. The van der Waals surface area contributed by atoms with Crippen molar-refractivity contribution < 1.29 is 39.8 Å². The van der Waals surface area contributed by atoms with Crippen molar-refractivity contribution in [2.45, 2.75) is 384 Å². The molecule has 7 atom stereocenters. The number of allylic oxidation sites excluding steroid dienone is 5. The van der Waals surface area contributed by atoms with E-state index < -0.39 is 49.5 Å². The Kier molecular flexibility index (Phi) is 55.9. The van der Waals surface area contributed by atoms with Gasteiger partial charge in [-0.1, -0.05) is 326 Å². The molecule has 0 radical (unpaired) electrons. The molecule has 78 heavy (non-hydrogen) atoms. The lowest BCUT2D eigenvalue weighted by atomic mass is 9.99. The van der Waals surface area contributed by atoms with Gasteiger partial charge in [-0.15, -0.1) is 0 Å². The third-order valence-electron chi connectivity index (χ3n) is 16.4. The highest BCUT2D eigenvalue weighted by Gasteiger charge is 2.44. The normalized spacial score (nSPS) is 18.8. The molecular formula is C69H131NO8. The number of amides is 1. The zero-order valence-corrected chi connectivity index (χ0v) is 51.4. The minimum Gasteiger partial charge on any atom is -0.394 e. The van der Waals surface area contributed by atoms with E-state index in [-0.39, 0.29) is 12.5 Å². The van der Waals surface area contributed by atoms with Crippen LogP contribution in [-0.2, 0) is 14.3 Å². The van der Waals surface area contributed by atoms with Gasteiger partial charge in [0.2, 0.25) is 5.91 Å². The SMILES string of the molecule is CCCCCCCC/C=C/CC/C=C/CC/C=C/C(O)C(COC1OC(CO)C(O)C(O)C1O)NC(=O)CCCCCCCCCCCCCCCCCCCCCCCCCCCCCCCCCCCCCCCCC. The number of nitrogens with one attached hydrogen (secondary N) is 1. The van der Waals surface area contributed by atoms with Crippen molar-refractivity contribution in [1.29, 1.82) is 0 Å². The summed E-state index contributed by atoms with van der Waals surface area (Å²) in [5, 5.41) is 54.5. The van der Waals surface area contributed by atoms with E-state index in [4.69, 9.17) is 9.47 Å². The molecule has 0 aromatic heterocycles. The molecule has 460 valence electrons. The third-order valence-corrected chi connectivity index (χ3v) is 16.4. The Morgan fingerprint density at radius 2 is 0.731 bits per heavy atom. The summed E-state index contributed by atoms with van der Waals surface area (Å²) in [5.74, 6) is -0.185. The molecule has 6 N–H and O–H groups in total. The number of rotatable bonds is 60. The first-order valence-electron chi connectivity index (χ1n) is 34.2. The number of carbonyl (C=O) groups is 1. The minimum atomic E-state index is -1.57. The number of carbonyl (C=O) groups excluding carboxylic acids is 1. The summed E-state index contributed by atoms with van der Waals surface area (Å²) in [6.45, 7) is 3.78. The Bertz CT molecular complexity index is 1320. The lowest BCUT2D eigenvalue weighted by Crippen LogP contribution is -2.60. The zero-order valence-electron chi connectivity index (χ0n) is 51.4. The Hall–Kier alpha value is -1.59. The van der Waals surface area contributed by atoms with Crippen molar-refractivity contribution in [2.75, 3.05) is 13.2 Å². The molecule has 0 aromatic rings. The van der Waals surface area contributed by atoms with E-state index in [0.29, 0.717) is 6.42 Å². The Morgan fingerprint density at radius 1 is 0.423 bits per heavy atom. The second kappa shape index (κ2) is 58.6. The number of unbranched alkanes of at least 4 members (excludes halogenated alkanes) is 46.